The third kappa shape index (κ3) is 6.67. The van der Waals surface area contributed by atoms with Crippen molar-refractivity contribution in [1.82, 2.24) is 9.80 Å². The number of aryl methyl sites for hydroxylation is 2. The number of rotatable bonds is 8. The number of hydrogen-bond acceptors (Lipinski definition) is 2. The molecule has 2 aromatic carbocycles. The Morgan fingerprint density at radius 1 is 1.14 bits per heavy atom. The van der Waals surface area contributed by atoms with Crippen LogP contribution >= 0.6 is 0 Å². The molecule has 1 saturated heterocycles. The van der Waals surface area contributed by atoms with Gasteiger partial charge < -0.3 is 9.80 Å². The summed E-state index contributed by atoms with van der Waals surface area (Å²) in [5.74, 6) is 0.480. The summed E-state index contributed by atoms with van der Waals surface area (Å²) in [6.45, 7) is 6.32. The second-order valence-electron chi connectivity index (χ2n) is 8.39. The van der Waals surface area contributed by atoms with Crippen molar-refractivity contribution in [3.63, 3.8) is 0 Å². The zero-order valence-corrected chi connectivity index (χ0v) is 17.7. The lowest BCUT2D eigenvalue weighted by molar-refractivity contribution is -0.130. The van der Waals surface area contributed by atoms with Crippen molar-refractivity contribution in [1.29, 1.82) is 0 Å². The van der Waals surface area contributed by atoms with Gasteiger partial charge in [-0.1, -0.05) is 36.4 Å². The summed E-state index contributed by atoms with van der Waals surface area (Å²) in [6.07, 6.45) is 4.63. The Hall–Kier alpha value is -2.20. The molecule has 1 aliphatic rings. The third-order valence-corrected chi connectivity index (χ3v) is 6.06. The third-order valence-electron chi connectivity index (χ3n) is 6.06. The second kappa shape index (κ2) is 10.5. The van der Waals surface area contributed by atoms with Crippen molar-refractivity contribution < 1.29 is 9.18 Å². The number of hydrogen-bond donors (Lipinski definition) is 0. The Morgan fingerprint density at radius 2 is 1.90 bits per heavy atom. The summed E-state index contributed by atoms with van der Waals surface area (Å²) < 4.78 is 13.0. The van der Waals surface area contributed by atoms with Crippen LogP contribution in [-0.2, 0) is 17.6 Å². The van der Waals surface area contributed by atoms with E-state index in [9.17, 15) is 9.18 Å². The van der Waals surface area contributed by atoms with E-state index in [1.165, 1.54) is 36.1 Å². The molecule has 0 spiro atoms. The molecule has 0 radical (unpaired) electrons. The molecule has 2 aromatic rings. The molecule has 3 nitrogen and oxygen atoms in total. The van der Waals surface area contributed by atoms with Gasteiger partial charge in [-0.3, -0.25) is 4.79 Å². The van der Waals surface area contributed by atoms with Crippen LogP contribution in [0, 0.1) is 18.7 Å². The van der Waals surface area contributed by atoms with Crippen LogP contribution in [0.3, 0.4) is 0 Å². The van der Waals surface area contributed by atoms with Crippen molar-refractivity contribution in [2.45, 2.75) is 39.0 Å². The minimum atomic E-state index is -0.235. The molecule has 3 rings (SSSR count). The molecule has 156 valence electrons. The van der Waals surface area contributed by atoms with Crippen LogP contribution in [0.25, 0.3) is 0 Å². The molecular weight excluding hydrogens is 363 g/mol. The first-order valence-corrected chi connectivity index (χ1v) is 10.8. The van der Waals surface area contributed by atoms with E-state index in [0.717, 1.165) is 38.2 Å². The first-order valence-electron chi connectivity index (χ1n) is 10.8. The zero-order chi connectivity index (χ0) is 20.6. The number of nitrogens with zero attached hydrogens (tertiary/aromatic N) is 2. The summed E-state index contributed by atoms with van der Waals surface area (Å²) in [7, 11) is 1.92. The predicted molar refractivity (Wildman–Crippen MR) is 116 cm³/mol. The van der Waals surface area contributed by atoms with Crippen molar-refractivity contribution in [2.24, 2.45) is 5.92 Å². The summed E-state index contributed by atoms with van der Waals surface area (Å²) in [6, 6.07) is 15.1. The van der Waals surface area contributed by atoms with Crippen LogP contribution in [-0.4, -0.2) is 48.9 Å². The maximum absolute atomic E-state index is 13.0. The number of likely N-dealkylation sites (tertiary alicyclic amines) is 1. The van der Waals surface area contributed by atoms with Gasteiger partial charge in [0.05, 0.1) is 0 Å². The SMILES string of the molecule is Cc1ccccc1CCN1CCCC(CN(C)C(=O)CCc2ccc(F)cc2)C1. The van der Waals surface area contributed by atoms with Crippen LogP contribution in [0.2, 0.25) is 0 Å². The molecule has 0 N–H and O–H groups in total. The minimum absolute atomic E-state index is 0.173. The van der Waals surface area contributed by atoms with E-state index in [2.05, 4.69) is 36.1 Å². The molecule has 1 amide bonds. The van der Waals surface area contributed by atoms with Gasteiger partial charge in [0.15, 0.2) is 0 Å². The highest BCUT2D eigenvalue weighted by Crippen LogP contribution is 2.19. The number of piperidine rings is 1. The Kier molecular flexibility index (Phi) is 7.82. The molecule has 4 heteroatoms. The van der Waals surface area contributed by atoms with Gasteiger partial charge >= 0.3 is 0 Å². The maximum atomic E-state index is 13.0. The molecule has 1 atom stereocenters. The molecule has 1 aliphatic heterocycles. The quantitative estimate of drug-likeness (QED) is 0.657. The number of carbonyl (C=O) groups is 1. The fourth-order valence-corrected chi connectivity index (χ4v) is 4.25. The number of benzene rings is 2. The normalized spacial score (nSPS) is 17.3. The van der Waals surface area contributed by atoms with E-state index in [0.29, 0.717) is 18.8 Å². The molecule has 1 fully saturated rings. The molecule has 0 bridgehead atoms. The second-order valence-corrected chi connectivity index (χ2v) is 8.39. The number of carbonyl (C=O) groups excluding carboxylic acids is 1. The van der Waals surface area contributed by atoms with E-state index in [1.807, 2.05) is 11.9 Å². The standard InChI is InChI=1S/C25H33FN2O/c1-20-6-3-4-8-23(20)15-17-28-16-5-7-22(19-28)18-27(2)25(29)14-11-21-9-12-24(26)13-10-21/h3-4,6,8-10,12-13,22H,5,7,11,14-19H2,1-2H3. The predicted octanol–water partition coefficient (Wildman–Crippen LogP) is 4.48. The summed E-state index contributed by atoms with van der Waals surface area (Å²) in [5.41, 5.74) is 3.81. The molecular formula is C25H33FN2O. The van der Waals surface area contributed by atoms with Crippen LogP contribution in [0.5, 0.6) is 0 Å². The van der Waals surface area contributed by atoms with E-state index < -0.39 is 0 Å². The first kappa shape index (κ1) is 21.5. The van der Waals surface area contributed by atoms with Gasteiger partial charge in [0, 0.05) is 33.1 Å². The lowest BCUT2D eigenvalue weighted by atomic mass is 9.96. The van der Waals surface area contributed by atoms with Gasteiger partial charge in [-0.15, -0.1) is 0 Å². The Labute approximate surface area is 174 Å². The van der Waals surface area contributed by atoms with E-state index in [4.69, 9.17) is 0 Å². The fraction of sp³-hybridized carbons (Fsp3) is 0.480. The molecule has 0 aromatic heterocycles. The lowest BCUT2D eigenvalue weighted by Gasteiger charge is -2.35. The highest BCUT2D eigenvalue weighted by Gasteiger charge is 2.22. The van der Waals surface area contributed by atoms with Crippen molar-refractivity contribution in [3.05, 3.63) is 71.0 Å². The van der Waals surface area contributed by atoms with Gasteiger partial charge in [0.2, 0.25) is 5.91 Å². The Balaban J connectivity index is 1.42. The van der Waals surface area contributed by atoms with Crippen LogP contribution in [0.15, 0.2) is 48.5 Å². The summed E-state index contributed by atoms with van der Waals surface area (Å²) in [5, 5.41) is 0. The molecule has 1 unspecified atom stereocenters. The Morgan fingerprint density at radius 3 is 2.66 bits per heavy atom. The van der Waals surface area contributed by atoms with E-state index in [-0.39, 0.29) is 11.7 Å². The van der Waals surface area contributed by atoms with E-state index in [1.54, 1.807) is 12.1 Å². The molecule has 0 aliphatic carbocycles. The lowest BCUT2D eigenvalue weighted by Crippen LogP contribution is -2.42. The molecule has 0 saturated carbocycles. The first-order chi connectivity index (χ1) is 14.0. The fourth-order valence-electron chi connectivity index (χ4n) is 4.25. The van der Waals surface area contributed by atoms with Crippen molar-refractivity contribution in [2.75, 3.05) is 33.2 Å². The average molecular weight is 397 g/mol. The zero-order valence-electron chi connectivity index (χ0n) is 17.7. The molecule has 1 heterocycles. The topological polar surface area (TPSA) is 23.6 Å². The van der Waals surface area contributed by atoms with Gasteiger partial charge in [-0.05, 0) is 73.9 Å². The van der Waals surface area contributed by atoms with Gasteiger partial charge in [0.25, 0.3) is 0 Å². The number of amides is 1. The van der Waals surface area contributed by atoms with Crippen LogP contribution in [0.4, 0.5) is 4.39 Å². The van der Waals surface area contributed by atoms with Gasteiger partial charge in [-0.2, -0.15) is 0 Å². The largest absolute Gasteiger partial charge is 0.345 e. The van der Waals surface area contributed by atoms with E-state index >= 15 is 0 Å². The minimum Gasteiger partial charge on any atom is -0.345 e. The van der Waals surface area contributed by atoms with Gasteiger partial charge in [-0.25, -0.2) is 4.39 Å². The van der Waals surface area contributed by atoms with Crippen molar-refractivity contribution >= 4 is 5.91 Å². The number of halogens is 1. The summed E-state index contributed by atoms with van der Waals surface area (Å²) in [4.78, 5) is 17.0. The highest BCUT2D eigenvalue weighted by atomic mass is 19.1. The van der Waals surface area contributed by atoms with Crippen LogP contribution in [0.1, 0.15) is 36.0 Å². The average Bonchev–Trinajstić information content (AvgIpc) is 2.73. The van der Waals surface area contributed by atoms with Crippen LogP contribution < -0.4 is 0 Å². The Bertz CT molecular complexity index is 790. The maximum Gasteiger partial charge on any atom is 0.222 e. The smallest absolute Gasteiger partial charge is 0.222 e. The highest BCUT2D eigenvalue weighted by molar-refractivity contribution is 5.76. The van der Waals surface area contributed by atoms with Gasteiger partial charge in [0.1, 0.15) is 5.82 Å². The summed E-state index contributed by atoms with van der Waals surface area (Å²) >= 11 is 0. The molecule has 29 heavy (non-hydrogen) atoms. The monoisotopic (exact) mass is 396 g/mol. The van der Waals surface area contributed by atoms with Crippen molar-refractivity contribution in [3.8, 4) is 0 Å².